The summed E-state index contributed by atoms with van der Waals surface area (Å²) in [7, 11) is 0. The van der Waals surface area contributed by atoms with E-state index in [1.54, 1.807) is 0 Å². The minimum absolute atomic E-state index is 0.0695. The number of nitrogens with zero attached hydrogens (tertiary/aromatic N) is 1. The fraction of sp³-hybridized carbons (Fsp3) is 0.867. The highest BCUT2D eigenvalue weighted by molar-refractivity contribution is 8.00. The number of carboxylic acids is 1. The van der Waals surface area contributed by atoms with Crippen LogP contribution >= 0.6 is 11.8 Å². The molecule has 1 saturated carbocycles. The molecule has 2 fully saturated rings. The average molecular weight is 299 g/mol. The molecule has 1 heterocycles. The van der Waals surface area contributed by atoms with Crippen molar-refractivity contribution in [3.63, 3.8) is 0 Å². The zero-order valence-electron chi connectivity index (χ0n) is 12.6. The van der Waals surface area contributed by atoms with Crippen LogP contribution in [0.15, 0.2) is 0 Å². The molecule has 3 atom stereocenters. The third kappa shape index (κ3) is 3.48. The molecule has 0 radical (unpaired) electrons. The van der Waals surface area contributed by atoms with Crippen LogP contribution in [0.4, 0.5) is 0 Å². The number of carboxylic acid groups (broad SMARTS) is 1. The van der Waals surface area contributed by atoms with E-state index in [1.807, 2.05) is 23.6 Å². The van der Waals surface area contributed by atoms with Crippen molar-refractivity contribution in [3.8, 4) is 0 Å². The largest absolute Gasteiger partial charge is 0.481 e. The van der Waals surface area contributed by atoms with Crippen molar-refractivity contribution < 1.29 is 14.7 Å². The van der Waals surface area contributed by atoms with Crippen LogP contribution in [0.25, 0.3) is 0 Å². The molecule has 1 aliphatic carbocycles. The maximum Gasteiger partial charge on any atom is 0.307 e. The molecule has 1 saturated heterocycles. The molecule has 1 N–H and O–H groups in total. The smallest absolute Gasteiger partial charge is 0.307 e. The molecule has 0 aromatic rings. The first-order chi connectivity index (χ1) is 9.30. The van der Waals surface area contributed by atoms with Gasteiger partial charge in [0, 0.05) is 23.6 Å². The summed E-state index contributed by atoms with van der Waals surface area (Å²) < 4.78 is 0.212. The Balaban J connectivity index is 2.05. The molecule has 0 bridgehead atoms. The quantitative estimate of drug-likeness (QED) is 0.851. The van der Waals surface area contributed by atoms with Gasteiger partial charge in [0.05, 0.1) is 11.8 Å². The highest BCUT2D eigenvalue weighted by Crippen LogP contribution is 2.38. The summed E-state index contributed by atoms with van der Waals surface area (Å²) in [6.07, 6.45) is 2.34. The predicted octanol–water partition coefficient (Wildman–Crippen LogP) is 2.48. The van der Waals surface area contributed by atoms with Crippen LogP contribution in [0.3, 0.4) is 0 Å². The van der Waals surface area contributed by atoms with Crippen molar-refractivity contribution in [1.29, 1.82) is 0 Å². The molecule has 2 aliphatic rings. The minimum atomic E-state index is -0.808. The fourth-order valence-electron chi connectivity index (χ4n) is 3.31. The fourth-order valence-corrected chi connectivity index (χ4v) is 4.41. The van der Waals surface area contributed by atoms with Crippen LogP contribution in [0, 0.1) is 17.8 Å². The van der Waals surface area contributed by atoms with E-state index in [1.165, 1.54) is 0 Å². The Kier molecular flexibility index (Phi) is 4.67. The molecule has 3 unspecified atom stereocenters. The lowest BCUT2D eigenvalue weighted by Crippen LogP contribution is -2.40. The van der Waals surface area contributed by atoms with Crippen LogP contribution in [-0.4, -0.2) is 45.5 Å². The third-order valence-corrected chi connectivity index (χ3v) is 5.95. The number of carbonyl (C=O) groups excluding carboxylic acids is 1. The molecular formula is C15H25NO3S. The predicted molar refractivity (Wildman–Crippen MR) is 80.7 cm³/mol. The van der Waals surface area contributed by atoms with Gasteiger partial charge in [0.2, 0.25) is 5.91 Å². The lowest BCUT2D eigenvalue weighted by atomic mass is 9.94. The van der Waals surface area contributed by atoms with E-state index >= 15 is 0 Å². The molecule has 20 heavy (non-hydrogen) atoms. The minimum Gasteiger partial charge on any atom is -0.481 e. The van der Waals surface area contributed by atoms with Crippen molar-refractivity contribution in [3.05, 3.63) is 0 Å². The van der Waals surface area contributed by atoms with Crippen molar-refractivity contribution in [2.75, 3.05) is 18.8 Å². The Morgan fingerprint density at radius 1 is 1.20 bits per heavy atom. The summed E-state index contributed by atoms with van der Waals surface area (Å²) in [5.41, 5.74) is 0. The van der Waals surface area contributed by atoms with Crippen molar-refractivity contribution in [1.82, 2.24) is 4.90 Å². The van der Waals surface area contributed by atoms with Gasteiger partial charge in [-0.3, -0.25) is 9.59 Å². The second kappa shape index (κ2) is 5.96. The lowest BCUT2D eigenvalue weighted by Gasteiger charge is -2.26. The Labute approximate surface area is 125 Å². The van der Waals surface area contributed by atoms with Gasteiger partial charge in [-0.05, 0) is 25.2 Å². The number of aliphatic carboxylic acids is 1. The maximum absolute atomic E-state index is 12.7. The van der Waals surface area contributed by atoms with Gasteiger partial charge in [-0.15, -0.1) is 0 Å². The Morgan fingerprint density at radius 2 is 1.85 bits per heavy atom. The van der Waals surface area contributed by atoms with E-state index in [-0.39, 0.29) is 16.6 Å². The first kappa shape index (κ1) is 15.7. The molecule has 0 aromatic heterocycles. The summed E-state index contributed by atoms with van der Waals surface area (Å²) in [5, 5.41) is 9.31. The molecular weight excluding hydrogens is 274 g/mol. The number of amides is 1. The number of rotatable bonds is 2. The topological polar surface area (TPSA) is 57.6 Å². The number of thioether (sulfide) groups is 1. The van der Waals surface area contributed by atoms with E-state index in [2.05, 4.69) is 13.8 Å². The SMILES string of the molecule is CC1CC(C(=O)O)C(C(=O)N2CCSC(C)(C)CC2)C1. The van der Waals surface area contributed by atoms with Crippen LogP contribution in [-0.2, 0) is 9.59 Å². The Morgan fingerprint density at radius 3 is 2.50 bits per heavy atom. The van der Waals surface area contributed by atoms with E-state index < -0.39 is 11.9 Å². The maximum atomic E-state index is 12.7. The summed E-state index contributed by atoms with van der Waals surface area (Å²) in [4.78, 5) is 25.9. The van der Waals surface area contributed by atoms with Crippen LogP contribution in [0.1, 0.15) is 40.0 Å². The average Bonchev–Trinajstić information content (AvgIpc) is 2.65. The van der Waals surface area contributed by atoms with Gasteiger partial charge in [-0.2, -0.15) is 11.8 Å². The molecule has 1 aliphatic heterocycles. The van der Waals surface area contributed by atoms with E-state index in [9.17, 15) is 14.7 Å². The second-order valence-electron chi connectivity index (χ2n) is 6.81. The Bertz CT molecular complexity index is 397. The molecule has 1 amide bonds. The normalized spacial score (nSPS) is 33.8. The summed E-state index contributed by atoms with van der Waals surface area (Å²) in [6.45, 7) is 7.98. The van der Waals surface area contributed by atoms with Crippen LogP contribution < -0.4 is 0 Å². The van der Waals surface area contributed by atoms with Crippen molar-refractivity contribution in [2.24, 2.45) is 17.8 Å². The first-order valence-electron chi connectivity index (χ1n) is 7.46. The second-order valence-corrected chi connectivity index (χ2v) is 8.61. The van der Waals surface area contributed by atoms with Crippen LogP contribution in [0.2, 0.25) is 0 Å². The summed E-state index contributed by atoms with van der Waals surface area (Å²) in [5.74, 6) is -0.256. The van der Waals surface area contributed by atoms with E-state index in [4.69, 9.17) is 0 Å². The van der Waals surface area contributed by atoms with Gasteiger partial charge < -0.3 is 10.0 Å². The van der Waals surface area contributed by atoms with Crippen molar-refractivity contribution in [2.45, 2.75) is 44.8 Å². The molecule has 2 rings (SSSR count). The molecule has 0 aromatic carbocycles. The molecule has 114 valence electrons. The molecule has 0 spiro atoms. The molecule has 5 heteroatoms. The highest BCUT2D eigenvalue weighted by atomic mass is 32.2. The third-order valence-electron chi connectivity index (χ3n) is 4.58. The standard InChI is InChI=1S/C15H25NO3S/c1-10-8-11(12(9-10)14(18)19)13(17)16-5-4-15(2,3)20-7-6-16/h10-12H,4-9H2,1-3H3,(H,18,19). The van der Waals surface area contributed by atoms with Crippen molar-refractivity contribution >= 4 is 23.6 Å². The van der Waals surface area contributed by atoms with Gasteiger partial charge in [-0.1, -0.05) is 20.8 Å². The summed E-state index contributed by atoms with van der Waals surface area (Å²) in [6, 6.07) is 0. The number of carbonyl (C=O) groups is 2. The number of hydrogen-bond acceptors (Lipinski definition) is 3. The van der Waals surface area contributed by atoms with E-state index in [0.717, 1.165) is 31.7 Å². The zero-order valence-corrected chi connectivity index (χ0v) is 13.4. The lowest BCUT2D eigenvalue weighted by molar-refractivity contribution is -0.149. The van der Waals surface area contributed by atoms with Crippen LogP contribution in [0.5, 0.6) is 0 Å². The summed E-state index contributed by atoms with van der Waals surface area (Å²) >= 11 is 1.90. The molecule has 4 nitrogen and oxygen atoms in total. The van der Waals surface area contributed by atoms with Gasteiger partial charge in [0.25, 0.3) is 0 Å². The van der Waals surface area contributed by atoms with Gasteiger partial charge >= 0.3 is 5.97 Å². The first-order valence-corrected chi connectivity index (χ1v) is 8.44. The zero-order chi connectivity index (χ0) is 14.9. The van der Waals surface area contributed by atoms with E-state index in [0.29, 0.717) is 12.3 Å². The monoisotopic (exact) mass is 299 g/mol. The van der Waals surface area contributed by atoms with Gasteiger partial charge in [-0.25, -0.2) is 0 Å². The number of hydrogen-bond donors (Lipinski definition) is 1. The highest BCUT2D eigenvalue weighted by Gasteiger charge is 2.43. The van der Waals surface area contributed by atoms with Gasteiger partial charge in [0.1, 0.15) is 0 Å². The van der Waals surface area contributed by atoms with Gasteiger partial charge in [0.15, 0.2) is 0 Å². The Hall–Kier alpha value is -0.710.